The van der Waals surface area contributed by atoms with Gasteiger partial charge in [-0.25, -0.2) is 9.37 Å². The average molecular weight is 434 g/mol. The molecule has 0 bridgehead atoms. The van der Waals surface area contributed by atoms with Crippen LogP contribution in [0.5, 0.6) is 11.6 Å². The second kappa shape index (κ2) is 10.4. The maximum Gasteiger partial charge on any atom is 0.257 e. The standard InChI is InChI=1S/C21H24FN3O4S/c1-30-17-4-2-3-16(10-17)29-21-18(9-13(22)11-23-21)20(28)25-15-7-5-14(6-8-15)24-19(27)12-26/h2-4,9-11,14-15,26H,5-8,12H2,1H3,(H,24,27)(H,25,28). The molecule has 1 heterocycles. The summed E-state index contributed by atoms with van der Waals surface area (Å²) in [6.07, 6.45) is 5.65. The van der Waals surface area contributed by atoms with Crippen molar-refractivity contribution in [1.29, 1.82) is 0 Å². The lowest BCUT2D eigenvalue weighted by molar-refractivity contribution is -0.124. The normalized spacial score (nSPS) is 18.5. The molecule has 0 radical (unpaired) electrons. The summed E-state index contributed by atoms with van der Waals surface area (Å²) < 4.78 is 19.6. The van der Waals surface area contributed by atoms with E-state index in [2.05, 4.69) is 15.6 Å². The van der Waals surface area contributed by atoms with Crippen LogP contribution in [0.4, 0.5) is 4.39 Å². The second-order valence-electron chi connectivity index (χ2n) is 7.03. The van der Waals surface area contributed by atoms with Gasteiger partial charge in [0, 0.05) is 17.0 Å². The molecule has 0 aliphatic heterocycles. The molecule has 3 N–H and O–H groups in total. The number of amides is 2. The number of carbonyl (C=O) groups excluding carboxylic acids is 2. The molecule has 7 nitrogen and oxygen atoms in total. The highest BCUT2D eigenvalue weighted by molar-refractivity contribution is 7.98. The molecule has 30 heavy (non-hydrogen) atoms. The van der Waals surface area contributed by atoms with Crippen LogP contribution in [-0.4, -0.2) is 46.9 Å². The van der Waals surface area contributed by atoms with Crippen molar-refractivity contribution in [3.05, 3.63) is 47.9 Å². The molecule has 1 fully saturated rings. The SMILES string of the molecule is CSc1cccc(Oc2ncc(F)cc2C(=O)NC2CCC(NC(=O)CO)CC2)c1. The van der Waals surface area contributed by atoms with E-state index in [1.807, 2.05) is 24.5 Å². The Hall–Kier alpha value is -2.65. The zero-order valence-corrected chi connectivity index (χ0v) is 17.4. The molecule has 3 rings (SSSR count). The number of rotatable bonds is 7. The van der Waals surface area contributed by atoms with Gasteiger partial charge in [0.15, 0.2) is 0 Å². The number of carbonyl (C=O) groups is 2. The Morgan fingerprint density at radius 3 is 2.57 bits per heavy atom. The van der Waals surface area contributed by atoms with Crippen LogP contribution in [0.3, 0.4) is 0 Å². The van der Waals surface area contributed by atoms with Crippen molar-refractivity contribution < 1.29 is 23.8 Å². The molecule has 9 heteroatoms. The summed E-state index contributed by atoms with van der Waals surface area (Å²) in [6.45, 7) is -0.536. The van der Waals surface area contributed by atoms with Crippen molar-refractivity contribution in [2.24, 2.45) is 0 Å². The van der Waals surface area contributed by atoms with Crippen molar-refractivity contribution >= 4 is 23.6 Å². The first kappa shape index (κ1) is 22.0. The highest BCUT2D eigenvalue weighted by atomic mass is 32.2. The van der Waals surface area contributed by atoms with Crippen molar-refractivity contribution in [3.63, 3.8) is 0 Å². The molecule has 1 aliphatic carbocycles. The van der Waals surface area contributed by atoms with Gasteiger partial charge in [0.1, 0.15) is 23.7 Å². The number of benzene rings is 1. The third-order valence-electron chi connectivity index (χ3n) is 4.89. The van der Waals surface area contributed by atoms with Gasteiger partial charge in [0.2, 0.25) is 11.8 Å². The summed E-state index contributed by atoms with van der Waals surface area (Å²) in [5.74, 6) is -0.937. The van der Waals surface area contributed by atoms with Crippen molar-refractivity contribution in [1.82, 2.24) is 15.6 Å². The highest BCUT2D eigenvalue weighted by Crippen LogP contribution is 2.27. The zero-order chi connectivity index (χ0) is 21.5. The molecule has 1 saturated carbocycles. The largest absolute Gasteiger partial charge is 0.438 e. The fraction of sp³-hybridized carbons (Fsp3) is 0.381. The molecule has 0 unspecified atom stereocenters. The molecule has 2 amide bonds. The Kier molecular flexibility index (Phi) is 7.64. The molecule has 1 aromatic carbocycles. The zero-order valence-electron chi connectivity index (χ0n) is 16.6. The van der Waals surface area contributed by atoms with Gasteiger partial charge in [-0.05, 0) is 56.2 Å². The fourth-order valence-corrected chi connectivity index (χ4v) is 3.81. The lowest BCUT2D eigenvalue weighted by atomic mass is 9.91. The first-order valence-corrected chi connectivity index (χ1v) is 10.9. The first-order chi connectivity index (χ1) is 14.5. The molecule has 0 saturated heterocycles. The van der Waals surface area contributed by atoms with E-state index in [0.29, 0.717) is 31.4 Å². The minimum Gasteiger partial charge on any atom is -0.438 e. The van der Waals surface area contributed by atoms with E-state index in [-0.39, 0.29) is 23.5 Å². The smallest absolute Gasteiger partial charge is 0.257 e. The van der Waals surface area contributed by atoms with Crippen LogP contribution in [0.1, 0.15) is 36.0 Å². The number of nitrogens with zero attached hydrogens (tertiary/aromatic N) is 1. The van der Waals surface area contributed by atoms with Gasteiger partial charge in [0.05, 0.1) is 6.20 Å². The van der Waals surface area contributed by atoms with Gasteiger partial charge in [-0.15, -0.1) is 11.8 Å². The van der Waals surface area contributed by atoms with Crippen molar-refractivity contribution in [2.45, 2.75) is 42.7 Å². The molecule has 160 valence electrons. The van der Waals surface area contributed by atoms with Gasteiger partial charge in [-0.3, -0.25) is 9.59 Å². The van der Waals surface area contributed by atoms with Crippen LogP contribution in [0.15, 0.2) is 41.4 Å². The number of aliphatic hydroxyl groups excluding tert-OH is 1. The van der Waals surface area contributed by atoms with Crippen LogP contribution >= 0.6 is 11.8 Å². The lowest BCUT2D eigenvalue weighted by Crippen LogP contribution is -2.44. The summed E-state index contributed by atoms with van der Waals surface area (Å²) in [5, 5.41) is 14.5. The van der Waals surface area contributed by atoms with Gasteiger partial charge < -0.3 is 20.5 Å². The van der Waals surface area contributed by atoms with Crippen LogP contribution in [0.25, 0.3) is 0 Å². The Morgan fingerprint density at radius 1 is 1.20 bits per heavy atom. The van der Waals surface area contributed by atoms with Crippen molar-refractivity contribution in [2.75, 3.05) is 12.9 Å². The van der Waals surface area contributed by atoms with Crippen LogP contribution in [0, 0.1) is 5.82 Å². The predicted octanol–water partition coefficient (Wildman–Crippen LogP) is 2.88. The Balaban J connectivity index is 1.66. The topological polar surface area (TPSA) is 101 Å². The fourth-order valence-electron chi connectivity index (χ4n) is 3.37. The summed E-state index contributed by atoms with van der Waals surface area (Å²) >= 11 is 1.56. The Morgan fingerprint density at radius 2 is 1.90 bits per heavy atom. The maximum absolute atomic E-state index is 13.8. The van der Waals surface area contributed by atoms with Gasteiger partial charge in [-0.1, -0.05) is 6.07 Å². The van der Waals surface area contributed by atoms with Gasteiger partial charge in [0.25, 0.3) is 5.91 Å². The minimum absolute atomic E-state index is 0.0174. The number of ether oxygens (including phenoxy) is 1. The van der Waals surface area contributed by atoms with Crippen LogP contribution in [0.2, 0.25) is 0 Å². The second-order valence-corrected chi connectivity index (χ2v) is 7.91. The monoisotopic (exact) mass is 433 g/mol. The minimum atomic E-state index is -0.624. The third-order valence-corrected chi connectivity index (χ3v) is 5.61. The van der Waals surface area contributed by atoms with Gasteiger partial charge >= 0.3 is 0 Å². The molecule has 0 spiro atoms. The van der Waals surface area contributed by atoms with E-state index in [0.717, 1.165) is 17.2 Å². The summed E-state index contributed by atoms with van der Waals surface area (Å²) in [5.41, 5.74) is 0.0280. The Labute approximate surface area is 178 Å². The van der Waals surface area contributed by atoms with E-state index < -0.39 is 24.2 Å². The Bertz CT molecular complexity index is 904. The predicted molar refractivity (Wildman–Crippen MR) is 111 cm³/mol. The number of nitrogens with one attached hydrogen (secondary N) is 2. The quantitative estimate of drug-likeness (QED) is 0.581. The summed E-state index contributed by atoms with van der Waals surface area (Å²) in [6, 6.07) is 8.32. The molecule has 1 aromatic heterocycles. The summed E-state index contributed by atoms with van der Waals surface area (Å²) in [4.78, 5) is 29.0. The van der Waals surface area contributed by atoms with E-state index in [4.69, 9.17) is 9.84 Å². The third kappa shape index (κ3) is 5.93. The molecule has 2 aromatic rings. The van der Waals surface area contributed by atoms with Crippen LogP contribution < -0.4 is 15.4 Å². The van der Waals surface area contributed by atoms with E-state index >= 15 is 0 Å². The van der Waals surface area contributed by atoms with E-state index in [9.17, 15) is 14.0 Å². The summed E-state index contributed by atoms with van der Waals surface area (Å²) in [7, 11) is 0. The lowest BCUT2D eigenvalue weighted by Gasteiger charge is -2.29. The molecule has 0 atom stereocenters. The molecular weight excluding hydrogens is 409 g/mol. The molecular formula is C21H24FN3O4S. The number of hydrogen-bond donors (Lipinski definition) is 3. The average Bonchev–Trinajstić information content (AvgIpc) is 2.76. The van der Waals surface area contributed by atoms with E-state index in [1.165, 1.54) is 0 Å². The number of aromatic nitrogens is 1. The number of aliphatic hydroxyl groups is 1. The molecule has 1 aliphatic rings. The number of hydrogen-bond acceptors (Lipinski definition) is 6. The van der Waals surface area contributed by atoms with Gasteiger partial charge in [-0.2, -0.15) is 0 Å². The highest BCUT2D eigenvalue weighted by Gasteiger charge is 2.25. The maximum atomic E-state index is 13.8. The number of thioether (sulfide) groups is 1. The number of halogens is 1. The van der Waals surface area contributed by atoms with E-state index in [1.54, 1.807) is 17.8 Å². The van der Waals surface area contributed by atoms with Crippen LogP contribution in [-0.2, 0) is 4.79 Å². The van der Waals surface area contributed by atoms with Crippen molar-refractivity contribution in [3.8, 4) is 11.6 Å². The number of pyridine rings is 1. The first-order valence-electron chi connectivity index (χ1n) is 9.67.